The van der Waals surface area contributed by atoms with Crippen molar-refractivity contribution in [2.24, 2.45) is 5.92 Å². The molecule has 0 amide bonds. The smallest absolute Gasteiger partial charge is 0.0807 e. The maximum atomic E-state index is 10.0. The van der Waals surface area contributed by atoms with Gasteiger partial charge in [0.25, 0.3) is 0 Å². The van der Waals surface area contributed by atoms with Crippen LogP contribution in [-0.4, -0.2) is 5.11 Å². The Morgan fingerprint density at radius 3 is 2.67 bits per heavy atom. The van der Waals surface area contributed by atoms with Crippen LogP contribution in [0.1, 0.15) is 37.4 Å². The number of hydrogen-bond donors (Lipinski definition) is 1. The predicted molar refractivity (Wildman–Crippen MR) is 63.4 cm³/mol. The highest BCUT2D eigenvalue weighted by atomic mass is 35.5. The normalized spacial score (nSPS) is 18.6. The Balaban J connectivity index is 2.09. The summed E-state index contributed by atoms with van der Waals surface area (Å²) in [6.07, 6.45) is 4.09. The largest absolute Gasteiger partial charge is 0.388 e. The summed E-state index contributed by atoms with van der Waals surface area (Å²) in [6, 6.07) is 5.24. The molecule has 1 N–H and O–H groups in total. The van der Waals surface area contributed by atoms with Crippen molar-refractivity contribution in [2.75, 3.05) is 0 Å². The lowest BCUT2D eigenvalue weighted by Crippen LogP contribution is -2.15. The van der Waals surface area contributed by atoms with Gasteiger partial charge in [0, 0.05) is 15.6 Å². The van der Waals surface area contributed by atoms with Crippen LogP contribution in [0, 0.1) is 5.92 Å². The molecular formula is C12H14Cl2O. The van der Waals surface area contributed by atoms with Crippen molar-refractivity contribution in [2.45, 2.75) is 31.8 Å². The van der Waals surface area contributed by atoms with E-state index in [0.717, 1.165) is 12.0 Å². The average molecular weight is 245 g/mol. The van der Waals surface area contributed by atoms with Crippen molar-refractivity contribution in [3.63, 3.8) is 0 Å². The molecule has 2 rings (SSSR count). The molecule has 1 nitrogen and oxygen atoms in total. The minimum Gasteiger partial charge on any atom is -0.388 e. The molecule has 1 fully saturated rings. The van der Waals surface area contributed by atoms with E-state index in [1.165, 1.54) is 19.3 Å². The molecule has 0 radical (unpaired) electrons. The van der Waals surface area contributed by atoms with Gasteiger partial charge in [-0.25, -0.2) is 0 Å². The Bertz CT molecular complexity index is 347. The third kappa shape index (κ3) is 2.66. The van der Waals surface area contributed by atoms with E-state index in [4.69, 9.17) is 23.2 Å². The number of halogens is 2. The van der Waals surface area contributed by atoms with Crippen molar-refractivity contribution in [3.05, 3.63) is 33.8 Å². The van der Waals surface area contributed by atoms with Gasteiger partial charge in [-0.2, -0.15) is 0 Å². The van der Waals surface area contributed by atoms with E-state index in [-0.39, 0.29) is 0 Å². The molecule has 0 spiro atoms. The van der Waals surface area contributed by atoms with Crippen LogP contribution in [0.3, 0.4) is 0 Å². The van der Waals surface area contributed by atoms with Crippen LogP contribution in [0.2, 0.25) is 10.0 Å². The fraction of sp³-hybridized carbons (Fsp3) is 0.500. The van der Waals surface area contributed by atoms with Crippen LogP contribution in [0.25, 0.3) is 0 Å². The summed E-state index contributed by atoms with van der Waals surface area (Å²) in [4.78, 5) is 0. The highest BCUT2D eigenvalue weighted by Crippen LogP contribution is 2.37. The Kier molecular flexibility index (Phi) is 3.55. The molecule has 15 heavy (non-hydrogen) atoms. The molecule has 0 aromatic heterocycles. The third-order valence-electron chi connectivity index (χ3n) is 3.10. The van der Waals surface area contributed by atoms with E-state index in [9.17, 15) is 5.11 Å². The first-order valence-corrected chi connectivity index (χ1v) is 6.05. The first-order valence-electron chi connectivity index (χ1n) is 5.30. The summed E-state index contributed by atoms with van der Waals surface area (Å²) in [6.45, 7) is 0. The van der Waals surface area contributed by atoms with E-state index in [2.05, 4.69) is 0 Å². The van der Waals surface area contributed by atoms with Gasteiger partial charge >= 0.3 is 0 Å². The number of aliphatic hydroxyl groups is 1. The van der Waals surface area contributed by atoms with Crippen molar-refractivity contribution in [1.82, 2.24) is 0 Å². The van der Waals surface area contributed by atoms with Gasteiger partial charge in [-0.05, 0) is 30.5 Å². The van der Waals surface area contributed by atoms with E-state index in [1.54, 1.807) is 18.2 Å². The number of benzene rings is 1. The lowest BCUT2D eigenvalue weighted by molar-refractivity contribution is 0.118. The molecule has 0 aliphatic heterocycles. The summed E-state index contributed by atoms with van der Waals surface area (Å²) >= 11 is 11.9. The molecular weight excluding hydrogens is 231 g/mol. The third-order valence-corrected chi connectivity index (χ3v) is 3.68. The molecule has 1 aromatic rings. The Morgan fingerprint density at radius 1 is 1.33 bits per heavy atom. The standard InChI is InChI=1S/C12H14Cl2O/c13-9-4-5-11(14)10(7-9)12(15)6-8-2-1-3-8/h4-5,7-8,12,15H,1-3,6H2. The molecule has 0 heterocycles. The molecule has 1 atom stereocenters. The molecule has 0 saturated heterocycles. The summed E-state index contributed by atoms with van der Waals surface area (Å²) in [5.41, 5.74) is 0.760. The second kappa shape index (κ2) is 4.73. The van der Waals surface area contributed by atoms with Gasteiger partial charge in [-0.3, -0.25) is 0 Å². The average Bonchev–Trinajstić information content (AvgIpc) is 2.15. The first kappa shape index (κ1) is 11.3. The summed E-state index contributed by atoms with van der Waals surface area (Å²) in [7, 11) is 0. The van der Waals surface area contributed by atoms with Crippen LogP contribution in [0.15, 0.2) is 18.2 Å². The van der Waals surface area contributed by atoms with Gasteiger partial charge in [0.2, 0.25) is 0 Å². The zero-order valence-corrected chi connectivity index (χ0v) is 9.93. The molecule has 0 bridgehead atoms. The summed E-state index contributed by atoms with van der Waals surface area (Å²) < 4.78 is 0. The van der Waals surface area contributed by atoms with E-state index >= 15 is 0 Å². The number of aliphatic hydroxyl groups excluding tert-OH is 1. The van der Waals surface area contributed by atoms with Crippen molar-refractivity contribution < 1.29 is 5.11 Å². The predicted octanol–water partition coefficient (Wildman–Crippen LogP) is 4.22. The van der Waals surface area contributed by atoms with Crippen LogP contribution < -0.4 is 0 Å². The van der Waals surface area contributed by atoms with Gasteiger partial charge < -0.3 is 5.11 Å². The van der Waals surface area contributed by atoms with E-state index < -0.39 is 6.10 Å². The lowest BCUT2D eigenvalue weighted by Gasteiger charge is -2.27. The highest BCUT2D eigenvalue weighted by molar-refractivity contribution is 6.33. The molecule has 3 heteroatoms. The zero-order valence-electron chi connectivity index (χ0n) is 8.42. The minimum atomic E-state index is -0.471. The van der Waals surface area contributed by atoms with Crippen molar-refractivity contribution >= 4 is 23.2 Å². The Hall–Kier alpha value is -0.240. The first-order chi connectivity index (χ1) is 7.16. The lowest BCUT2D eigenvalue weighted by atomic mass is 9.80. The SMILES string of the molecule is OC(CC1CCC1)c1cc(Cl)ccc1Cl. The monoisotopic (exact) mass is 244 g/mol. The van der Waals surface area contributed by atoms with Crippen LogP contribution >= 0.6 is 23.2 Å². The molecule has 1 aliphatic rings. The van der Waals surface area contributed by atoms with Crippen LogP contribution in [0.5, 0.6) is 0 Å². The van der Waals surface area contributed by atoms with Gasteiger partial charge in [0.15, 0.2) is 0 Å². The molecule has 1 saturated carbocycles. The van der Waals surface area contributed by atoms with Gasteiger partial charge in [-0.15, -0.1) is 0 Å². The Labute approximate surface area is 100 Å². The maximum Gasteiger partial charge on any atom is 0.0807 e. The fourth-order valence-electron chi connectivity index (χ4n) is 1.94. The molecule has 82 valence electrons. The minimum absolute atomic E-state index is 0.471. The summed E-state index contributed by atoms with van der Waals surface area (Å²) in [5.74, 6) is 0.662. The maximum absolute atomic E-state index is 10.0. The zero-order chi connectivity index (χ0) is 10.8. The van der Waals surface area contributed by atoms with Gasteiger partial charge in [0.05, 0.1) is 6.10 Å². The molecule has 1 aliphatic carbocycles. The highest BCUT2D eigenvalue weighted by Gasteiger charge is 2.22. The van der Waals surface area contributed by atoms with E-state index in [1.807, 2.05) is 0 Å². The second-order valence-corrected chi connectivity index (χ2v) is 5.06. The molecule has 1 aromatic carbocycles. The topological polar surface area (TPSA) is 20.2 Å². The molecule has 1 unspecified atom stereocenters. The van der Waals surface area contributed by atoms with Crippen molar-refractivity contribution in [1.29, 1.82) is 0 Å². The quantitative estimate of drug-likeness (QED) is 0.845. The Morgan fingerprint density at radius 2 is 2.07 bits per heavy atom. The fourth-order valence-corrected chi connectivity index (χ4v) is 2.37. The summed E-state index contributed by atoms with van der Waals surface area (Å²) in [5, 5.41) is 11.2. The van der Waals surface area contributed by atoms with Crippen LogP contribution in [0.4, 0.5) is 0 Å². The second-order valence-electron chi connectivity index (χ2n) is 4.21. The van der Waals surface area contributed by atoms with Crippen LogP contribution in [-0.2, 0) is 0 Å². The van der Waals surface area contributed by atoms with Crippen molar-refractivity contribution in [3.8, 4) is 0 Å². The number of hydrogen-bond acceptors (Lipinski definition) is 1. The van der Waals surface area contributed by atoms with Gasteiger partial charge in [0.1, 0.15) is 0 Å². The number of rotatable bonds is 3. The van der Waals surface area contributed by atoms with Gasteiger partial charge in [-0.1, -0.05) is 42.5 Å². The van der Waals surface area contributed by atoms with E-state index in [0.29, 0.717) is 16.0 Å².